The first-order chi connectivity index (χ1) is 18.8. The van der Waals surface area contributed by atoms with Crippen LogP contribution in [0.25, 0.3) is 5.76 Å². The van der Waals surface area contributed by atoms with E-state index >= 15 is 0 Å². The topological polar surface area (TPSA) is 197 Å². The summed E-state index contributed by atoms with van der Waals surface area (Å²) >= 11 is 0. The highest BCUT2D eigenvalue weighted by Gasteiger charge is 2.69. The second-order valence-electron chi connectivity index (χ2n) is 10.5. The quantitative estimate of drug-likeness (QED) is 0.172. The van der Waals surface area contributed by atoms with Crippen LogP contribution >= 0.6 is 0 Å². The van der Waals surface area contributed by atoms with E-state index in [1.165, 1.54) is 32.0 Å². The standard InChI is InChI=1S/C28H34N2O10/c1-5-10-39-11-13-12-8-7-9-14(31)16(12)22(33)18-17(13)24(40-15(32)6-2)20-21(30(3)4)23(34)19(27(29)37)26(36)28(20,38)25(18)35/h7-9,13,17,20-21,24,31,33,36,38H,5-6,10-11H2,1-4H3,(H2,29,37). The Kier molecular flexibility index (Phi) is 7.81. The zero-order valence-electron chi connectivity index (χ0n) is 22.7. The van der Waals surface area contributed by atoms with Gasteiger partial charge in [0.15, 0.2) is 11.4 Å². The summed E-state index contributed by atoms with van der Waals surface area (Å²) in [6.07, 6.45) is -0.901. The van der Waals surface area contributed by atoms with E-state index in [1.807, 2.05) is 6.92 Å². The number of fused-ring (bicyclic) bond motifs is 3. The first kappa shape index (κ1) is 29.2. The van der Waals surface area contributed by atoms with Crippen molar-refractivity contribution in [3.05, 3.63) is 46.2 Å². The SMILES string of the molecule is CCCOCC1c2cccc(O)c2C(O)=C2C(=O)C3(O)C(O)=C(C(N)=O)C(=O)C(N(C)C)C3C(OC(=O)CC)C21. The summed E-state index contributed by atoms with van der Waals surface area (Å²) < 4.78 is 11.7. The molecule has 1 amide bonds. The number of hydrogen-bond acceptors (Lipinski definition) is 11. The van der Waals surface area contributed by atoms with Crippen LogP contribution in [-0.4, -0.2) is 93.8 Å². The molecule has 4 rings (SSSR count). The average Bonchev–Trinajstić information content (AvgIpc) is 2.89. The minimum Gasteiger partial charge on any atom is -0.508 e. The number of rotatable bonds is 8. The van der Waals surface area contributed by atoms with E-state index in [2.05, 4.69) is 0 Å². The highest BCUT2D eigenvalue weighted by atomic mass is 16.5. The summed E-state index contributed by atoms with van der Waals surface area (Å²) in [6, 6.07) is 3.05. The van der Waals surface area contributed by atoms with Gasteiger partial charge in [-0.3, -0.25) is 24.1 Å². The number of carbonyl (C=O) groups is 4. The molecule has 3 aliphatic carbocycles. The van der Waals surface area contributed by atoms with Crippen molar-refractivity contribution < 1.29 is 49.1 Å². The summed E-state index contributed by atoms with van der Waals surface area (Å²) in [6.45, 7) is 3.74. The lowest BCUT2D eigenvalue weighted by molar-refractivity contribution is -0.186. The fourth-order valence-electron chi connectivity index (χ4n) is 6.30. The smallest absolute Gasteiger partial charge is 0.305 e. The molecule has 1 aromatic carbocycles. The second-order valence-corrected chi connectivity index (χ2v) is 10.5. The number of amides is 1. The predicted octanol–water partition coefficient (Wildman–Crippen LogP) is 0.863. The van der Waals surface area contributed by atoms with Crippen LogP contribution in [0.4, 0.5) is 0 Å². The number of primary amides is 1. The molecule has 0 aromatic heterocycles. The Hall–Kier alpha value is -3.74. The molecule has 1 aromatic rings. The van der Waals surface area contributed by atoms with E-state index in [-0.39, 0.29) is 24.3 Å². The number of aliphatic hydroxyl groups is 3. The molecular formula is C28H34N2O10. The normalized spacial score (nSPS) is 29.7. The van der Waals surface area contributed by atoms with Crippen LogP contribution in [0, 0.1) is 11.8 Å². The summed E-state index contributed by atoms with van der Waals surface area (Å²) in [5, 5.41) is 45.3. The molecule has 216 valence electrons. The van der Waals surface area contributed by atoms with Crippen molar-refractivity contribution in [3.63, 3.8) is 0 Å². The Balaban J connectivity index is 2.10. The van der Waals surface area contributed by atoms with Crippen molar-refractivity contribution in [2.24, 2.45) is 17.6 Å². The maximum Gasteiger partial charge on any atom is 0.305 e. The summed E-state index contributed by atoms with van der Waals surface area (Å²) in [7, 11) is 2.93. The van der Waals surface area contributed by atoms with Gasteiger partial charge in [0.1, 0.15) is 28.9 Å². The number of ketones is 2. The van der Waals surface area contributed by atoms with Gasteiger partial charge >= 0.3 is 5.97 Å². The highest BCUT2D eigenvalue weighted by Crippen LogP contribution is 2.57. The zero-order chi connectivity index (χ0) is 29.7. The van der Waals surface area contributed by atoms with E-state index in [1.54, 1.807) is 12.1 Å². The predicted molar refractivity (Wildman–Crippen MR) is 140 cm³/mol. The monoisotopic (exact) mass is 558 g/mol. The Morgan fingerprint density at radius 1 is 1.12 bits per heavy atom. The van der Waals surface area contributed by atoms with Gasteiger partial charge in [-0.25, -0.2) is 0 Å². The maximum atomic E-state index is 14.3. The minimum absolute atomic E-state index is 0.0285. The van der Waals surface area contributed by atoms with Crippen LogP contribution in [0.5, 0.6) is 5.75 Å². The van der Waals surface area contributed by atoms with Crippen LogP contribution in [0.15, 0.2) is 35.1 Å². The number of nitrogens with two attached hydrogens (primary N) is 1. The summed E-state index contributed by atoms with van der Waals surface area (Å²) in [5.41, 5.74) is 1.33. The molecule has 0 spiro atoms. The maximum absolute atomic E-state index is 14.3. The number of Topliss-reactive ketones (excluding diaryl/α,β-unsaturated/α-hetero) is 2. The van der Waals surface area contributed by atoms with Crippen molar-refractivity contribution in [3.8, 4) is 5.75 Å². The molecule has 6 atom stereocenters. The summed E-state index contributed by atoms with van der Waals surface area (Å²) in [4.78, 5) is 54.2. The van der Waals surface area contributed by atoms with Crippen LogP contribution in [0.1, 0.15) is 43.7 Å². The van der Waals surface area contributed by atoms with E-state index in [0.717, 1.165) is 0 Å². The number of carbonyl (C=O) groups excluding carboxylic acids is 4. The van der Waals surface area contributed by atoms with Gasteiger partial charge < -0.3 is 35.6 Å². The molecule has 1 fully saturated rings. The Morgan fingerprint density at radius 3 is 2.38 bits per heavy atom. The summed E-state index contributed by atoms with van der Waals surface area (Å²) in [5.74, 6) is -10.1. The first-order valence-corrected chi connectivity index (χ1v) is 13.1. The number of aliphatic hydroxyl groups excluding tert-OH is 2. The zero-order valence-corrected chi connectivity index (χ0v) is 22.7. The first-order valence-electron chi connectivity index (χ1n) is 13.1. The third-order valence-corrected chi connectivity index (χ3v) is 7.97. The number of ether oxygens (including phenoxy) is 2. The number of nitrogens with zero attached hydrogens (tertiary/aromatic N) is 1. The molecule has 0 radical (unpaired) electrons. The third kappa shape index (κ3) is 4.18. The molecule has 0 bridgehead atoms. The van der Waals surface area contributed by atoms with Crippen LogP contribution in [0.2, 0.25) is 0 Å². The minimum atomic E-state index is -2.98. The molecule has 0 aliphatic heterocycles. The number of benzene rings is 1. The van der Waals surface area contributed by atoms with Gasteiger partial charge in [0.05, 0.1) is 24.1 Å². The molecule has 12 heteroatoms. The molecule has 40 heavy (non-hydrogen) atoms. The fraction of sp³-hybridized carbons (Fsp3) is 0.500. The number of aromatic hydroxyl groups is 1. The van der Waals surface area contributed by atoms with Crippen molar-refractivity contribution in [1.82, 2.24) is 4.90 Å². The van der Waals surface area contributed by atoms with Crippen LogP contribution in [0.3, 0.4) is 0 Å². The van der Waals surface area contributed by atoms with E-state index < -0.39 is 81.6 Å². The van der Waals surface area contributed by atoms with Crippen molar-refractivity contribution in [1.29, 1.82) is 0 Å². The van der Waals surface area contributed by atoms with Gasteiger partial charge in [0.25, 0.3) is 5.91 Å². The fourth-order valence-corrected chi connectivity index (χ4v) is 6.30. The van der Waals surface area contributed by atoms with Gasteiger partial charge in [-0.2, -0.15) is 0 Å². The number of phenols is 1. The molecule has 0 heterocycles. The number of hydrogen-bond donors (Lipinski definition) is 5. The molecule has 6 unspecified atom stereocenters. The lowest BCUT2D eigenvalue weighted by Crippen LogP contribution is -2.71. The van der Waals surface area contributed by atoms with Crippen molar-refractivity contribution in [2.75, 3.05) is 27.3 Å². The van der Waals surface area contributed by atoms with E-state index in [4.69, 9.17) is 15.2 Å². The van der Waals surface area contributed by atoms with Gasteiger partial charge in [-0.05, 0) is 32.1 Å². The Morgan fingerprint density at radius 2 is 1.80 bits per heavy atom. The van der Waals surface area contributed by atoms with Crippen molar-refractivity contribution >= 4 is 29.2 Å². The van der Waals surface area contributed by atoms with Crippen LogP contribution < -0.4 is 5.73 Å². The second kappa shape index (κ2) is 10.7. The number of likely N-dealkylation sites (N-methyl/N-ethyl adjacent to an activating group) is 1. The van der Waals surface area contributed by atoms with Gasteiger partial charge in [-0.1, -0.05) is 26.0 Å². The highest BCUT2D eigenvalue weighted by molar-refractivity contribution is 6.24. The largest absolute Gasteiger partial charge is 0.508 e. The Bertz CT molecular complexity index is 1330. The molecule has 12 nitrogen and oxygen atoms in total. The lowest BCUT2D eigenvalue weighted by Gasteiger charge is -2.54. The van der Waals surface area contributed by atoms with E-state index in [0.29, 0.717) is 18.6 Å². The number of phenolic OH excluding ortho intramolecular Hbond substituents is 1. The van der Waals surface area contributed by atoms with Gasteiger partial charge in [-0.15, -0.1) is 0 Å². The Labute approximate surface area is 230 Å². The molecule has 0 saturated heterocycles. The lowest BCUT2D eigenvalue weighted by atomic mass is 9.54. The average molecular weight is 559 g/mol. The molecule has 3 aliphatic rings. The molecule has 1 saturated carbocycles. The van der Waals surface area contributed by atoms with Gasteiger partial charge in [0, 0.05) is 30.4 Å². The van der Waals surface area contributed by atoms with Crippen LogP contribution in [-0.2, 0) is 28.7 Å². The number of esters is 1. The van der Waals surface area contributed by atoms with Gasteiger partial charge in [0.2, 0.25) is 5.78 Å². The van der Waals surface area contributed by atoms with E-state index in [9.17, 15) is 39.6 Å². The molecule has 6 N–H and O–H groups in total. The third-order valence-electron chi connectivity index (χ3n) is 7.97. The molecular weight excluding hydrogens is 524 g/mol. The van der Waals surface area contributed by atoms with Crippen molar-refractivity contribution in [2.45, 2.75) is 50.4 Å².